The number of aliphatic hydroxyl groups is 1. The highest BCUT2D eigenvalue weighted by Gasteiger charge is 2.51. The van der Waals surface area contributed by atoms with Gasteiger partial charge in [0.05, 0.1) is 16.7 Å². The molecule has 1 N–H and O–H groups in total. The van der Waals surface area contributed by atoms with Gasteiger partial charge in [0.25, 0.3) is 0 Å². The first-order valence-corrected chi connectivity index (χ1v) is 9.44. The standard InChI is InChI=1S/C10H7ClF6O.C10H5ClF6/c1-8(18,10(15,16)17)5-2-6(9(12,13)14)4-7(11)3-5;1-5(9(12,13)14)6-2-7(10(15,16)17)4-8(11)3-6/h2-4,18H,1H3;2-4H,1H2. The summed E-state index contributed by atoms with van der Waals surface area (Å²) < 4.78 is 149. The van der Waals surface area contributed by atoms with E-state index in [9.17, 15) is 57.8 Å². The minimum atomic E-state index is -5.11. The Hall–Kier alpha value is -2.12. The van der Waals surface area contributed by atoms with Crippen LogP contribution in [0.5, 0.6) is 0 Å². The maximum Gasteiger partial charge on any atom is 0.421 e. The van der Waals surface area contributed by atoms with Gasteiger partial charge in [-0.05, 0) is 54.4 Å². The monoisotopic (exact) mass is 566 g/mol. The van der Waals surface area contributed by atoms with Crippen molar-refractivity contribution in [2.75, 3.05) is 0 Å². The number of allylic oxidation sites excluding steroid dienone is 1. The van der Waals surface area contributed by atoms with Gasteiger partial charge in [-0.15, -0.1) is 0 Å². The highest BCUT2D eigenvalue weighted by molar-refractivity contribution is 6.31. The maximum absolute atomic E-state index is 12.5. The molecular weight excluding hydrogens is 555 g/mol. The molecule has 1 atom stereocenters. The lowest BCUT2D eigenvalue weighted by molar-refractivity contribution is -0.259. The second-order valence-corrected chi connectivity index (χ2v) is 7.87. The van der Waals surface area contributed by atoms with E-state index in [4.69, 9.17) is 23.2 Å². The quantitative estimate of drug-likeness (QED) is 0.359. The van der Waals surface area contributed by atoms with Crippen molar-refractivity contribution in [1.82, 2.24) is 0 Å². The van der Waals surface area contributed by atoms with Crippen LogP contribution in [0.3, 0.4) is 0 Å². The lowest BCUT2D eigenvalue weighted by Crippen LogP contribution is -2.39. The van der Waals surface area contributed by atoms with Gasteiger partial charge in [-0.2, -0.15) is 52.7 Å². The Morgan fingerprint density at radius 2 is 1.03 bits per heavy atom. The van der Waals surface area contributed by atoms with Crippen molar-refractivity contribution < 1.29 is 57.8 Å². The molecule has 35 heavy (non-hydrogen) atoms. The Kier molecular flexibility index (Phi) is 8.91. The number of halogens is 14. The zero-order valence-electron chi connectivity index (χ0n) is 16.9. The summed E-state index contributed by atoms with van der Waals surface area (Å²) in [4.78, 5) is 0. The summed E-state index contributed by atoms with van der Waals surface area (Å²) in [5.41, 5.74) is -9.03. The summed E-state index contributed by atoms with van der Waals surface area (Å²) in [6.07, 6.45) is -19.5. The van der Waals surface area contributed by atoms with Crippen molar-refractivity contribution >= 4 is 28.8 Å². The Bertz CT molecular complexity index is 1060. The summed E-state index contributed by atoms with van der Waals surface area (Å²) in [6, 6.07) is 3.05. The Balaban J connectivity index is 0.000000351. The van der Waals surface area contributed by atoms with Crippen molar-refractivity contribution in [3.05, 3.63) is 75.3 Å². The van der Waals surface area contributed by atoms with Crippen LogP contribution >= 0.6 is 23.2 Å². The zero-order valence-corrected chi connectivity index (χ0v) is 18.4. The predicted molar refractivity (Wildman–Crippen MR) is 104 cm³/mol. The van der Waals surface area contributed by atoms with E-state index in [0.29, 0.717) is 31.2 Å². The van der Waals surface area contributed by atoms with Crippen LogP contribution in [0, 0.1) is 0 Å². The normalized spacial score (nSPS) is 14.6. The molecule has 0 radical (unpaired) electrons. The minimum absolute atomic E-state index is 0.222. The van der Waals surface area contributed by atoms with E-state index in [1.807, 2.05) is 0 Å². The van der Waals surface area contributed by atoms with E-state index in [0.717, 1.165) is 6.07 Å². The number of rotatable bonds is 2. The van der Waals surface area contributed by atoms with Crippen LogP contribution in [0.2, 0.25) is 10.0 Å². The lowest BCUT2D eigenvalue weighted by Gasteiger charge is -2.27. The van der Waals surface area contributed by atoms with Crippen LogP contribution in [-0.4, -0.2) is 17.5 Å². The van der Waals surface area contributed by atoms with Crippen LogP contribution in [0.15, 0.2) is 43.0 Å². The van der Waals surface area contributed by atoms with E-state index < -0.39 is 68.2 Å². The van der Waals surface area contributed by atoms with E-state index in [2.05, 4.69) is 6.58 Å². The fraction of sp³-hybridized carbons (Fsp3) is 0.300. The summed E-state index contributed by atoms with van der Waals surface area (Å²) in [5.74, 6) is 0. The van der Waals surface area contributed by atoms with Gasteiger partial charge in [-0.25, -0.2) is 0 Å². The fourth-order valence-corrected chi connectivity index (χ4v) is 2.76. The number of alkyl halides is 12. The van der Waals surface area contributed by atoms with Gasteiger partial charge in [-0.1, -0.05) is 29.8 Å². The molecule has 0 aliphatic heterocycles. The van der Waals surface area contributed by atoms with Gasteiger partial charge in [0, 0.05) is 10.0 Å². The molecule has 196 valence electrons. The summed E-state index contributed by atoms with van der Waals surface area (Å²) in [5, 5.41) is 8.32. The van der Waals surface area contributed by atoms with E-state index in [1.54, 1.807) is 0 Å². The number of benzene rings is 2. The average Bonchev–Trinajstić information content (AvgIpc) is 2.64. The third-order valence-corrected chi connectivity index (χ3v) is 4.69. The molecule has 2 rings (SSSR count). The number of hydrogen-bond acceptors (Lipinski definition) is 1. The average molecular weight is 567 g/mol. The van der Waals surface area contributed by atoms with Crippen LogP contribution in [0.4, 0.5) is 52.7 Å². The molecule has 0 heterocycles. The Morgan fingerprint density at radius 1 is 0.657 bits per heavy atom. The highest BCUT2D eigenvalue weighted by Crippen LogP contribution is 2.42. The van der Waals surface area contributed by atoms with Gasteiger partial charge in [-0.3, -0.25) is 0 Å². The van der Waals surface area contributed by atoms with Crippen molar-refractivity contribution in [1.29, 1.82) is 0 Å². The molecule has 15 heteroatoms. The fourth-order valence-electron chi connectivity index (χ4n) is 2.29. The molecular formula is C20H12Cl2F12O. The van der Waals surface area contributed by atoms with Crippen molar-refractivity contribution in [2.24, 2.45) is 0 Å². The number of hydrogen-bond donors (Lipinski definition) is 1. The van der Waals surface area contributed by atoms with Gasteiger partial charge in [0.1, 0.15) is 0 Å². The molecule has 0 saturated carbocycles. The van der Waals surface area contributed by atoms with Gasteiger partial charge >= 0.3 is 24.7 Å². The molecule has 0 aliphatic carbocycles. The highest BCUT2D eigenvalue weighted by atomic mass is 35.5. The molecule has 1 nitrogen and oxygen atoms in total. The maximum atomic E-state index is 12.5. The van der Waals surface area contributed by atoms with Crippen LogP contribution in [-0.2, 0) is 18.0 Å². The smallest absolute Gasteiger partial charge is 0.376 e. The molecule has 0 bridgehead atoms. The molecule has 0 fully saturated rings. The van der Waals surface area contributed by atoms with E-state index in [-0.39, 0.29) is 6.07 Å². The topological polar surface area (TPSA) is 20.2 Å². The summed E-state index contributed by atoms with van der Waals surface area (Å²) >= 11 is 10.7. The second kappa shape index (κ2) is 10.1. The Morgan fingerprint density at radius 3 is 1.40 bits per heavy atom. The molecule has 0 aromatic heterocycles. The largest absolute Gasteiger partial charge is 0.421 e. The third-order valence-electron chi connectivity index (χ3n) is 4.25. The molecule has 2 aromatic carbocycles. The van der Waals surface area contributed by atoms with Gasteiger partial charge < -0.3 is 5.11 Å². The van der Waals surface area contributed by atoms with Crippen molar-refractivity contribution in [2.45, 2.75) is 37.2 Å². The van der Waals surface area contributed by atoms with Crippen molar-refractivity contribution in [3.8, 4) is 0 Å². The molecule has 0 amide bonds. The lowest BCUT2D eigenvalue weighted by atomic mass is 9.93. The third kappa shape index (κ3) is 8.21. The molecule has 0 spiro atoms. The molecule has 0 aliphatic rings. The second-order valence-electron chi connectivity index (χ2n) is 7.00. The first kappa shape index (κ1) is 30.9. The van der Waals surface area contributed by atoms with E-state index >= 15 is 0 Å². The predicted octanol–water partition coefficient (Wildman–Crippen LogP) is 9.06. The zero-order chi connectivity index (χ0) is 27.8. The van der Waals surface area contributed by atoms with Crippen LogP contribution in [0.1, 0.15) is 29.2 Å². The van der Waals surface area contributed by atoms with Gasteiger partial charge in [0.2, 0.25) is 0 Å². The van der Waals surface area contributed by atoms with Crippen LogP contribution < -0.4 is 0 Å². The first-order valence-electron chi connectivity index (χ1n) is 8.69. The van der Waals surface area contributed by atoms with Crippen LogP contribution in [0.25, 0.3) is 5.57 Å². The Labute approximate surface area is 199 Å². The van der Waals surface area contributed by atoms with Crippen molar-refractivity contribution in [3.63, 3.8) is 0 Å². The molecule has 0 saturated heterocycles. The van der Waals surface area contributed by atoms with E-state index in [1.165, 1.54) is 0 Å². The first-order chi connectivity index (χ1) is 15.4. The SMILES string of the molecule is C=C(c1cc(Cl)cc(C(F)(F)F)c1)C(F)(F)F.CC(O)(c1cc(Cl)cc(C(F)(F)F)c1)C(F)(F)F. The molecule has 1 unspecified atom stereocenters. The minimum Gasteiger partial charge on any atom is -0.376 e. The van der Waals surface area contributed by atoms with Gasteiger partial charge in [0.15, 0.2) is 5.60 Å². The summed E-state index contributed by atoms with van der Waals surface area (Å²) in [7, 11) is 0. The molecule has 2 aromatic rings. The summed E-state index contributed by atoms with van der Waals surface area (Å²) in [6.45, 7) is 3.07.